The first-order valence-corrected chi connectivity index (χ1v) is 11.3. The lowest BCUT2D eigenvalue weighted by molar-refractivity contribution is -0.116. The van der Waals surface area contributed by atoms with Crippen LogP contribution in [-0.4, -0.2) is 53.4 Å². The summed E-state index contributed by atoms with van der Waals surface area (Å²) in [6.45, 7) is 11.2. The molecule has 2 rings (SSSR count). The smallest absolute Gasteiger partial charge is 0.317 e. The zero-order valence-corrected chi connectivity index (χ0v) is 20.2. The Balaban J connectivity index is 2.25. The van der Waals surface area contributed by atoms with Crippen LogP contribution in [0.5, 0.6) is 5.75 Å². The topological polar surface area (TPSA) is 88.5 Å². The van der Waals surface area contributed by atoms with Crippen LogP contribution in [0.1, 0.15) is 59.6 Å². The van der Waals surface area contributed by atoms with E-state index in [-0.39, 0.29) is 23.9 Å². The molecule has 0 aliphatic rings. The van der Waals surface area contributed by atoms with Crippen LogP contribution in [0.4, 0.5) is 10.6 Å². The number of benzene rings is 1. The van der Waals surface area contributed by atoms with E-state index in [1.165, 1.54) is 0 Å². The Labute approximate surface area is 191 Å². The van der Waals surface area contributed by atoms with Crippen molar-refractivity contribution in [1.82, 2.24) is 20.0 Å². The Morgan fingerprint density at radius 1 is 1.12 bits per heavy atom. The number of rotatable bonds is 10. The number of carbonyl (C=O) groups is 2. The third-order valence-electron chi connectivity index (χ3n) is 5.04. The van der Waals surface area contributed by atoms with E-state index < -0.39 is 0 Å². The third-order valence-corrected chi connectivity index (χ3v) is 5.04. The molecular formula is C24H37N5O3. The van der Waals surface area contributed by atoms with Gasteiger partial charge in [0.25, 0.3) is 0 Å². The summed E-state index contributed by atoms with van der Waals surface area (Å²) < 4.78 is 6.96. The SMILES string of the molecule is CCCCCN(CC(=O)Nc1cc(C(C)(C)C)nn1-c1ccc(OC)cc1)C(=O)NCC. The van der Waals surface area contributed by atoms with Crippen LogP contribution in [0.15, 0.2) is 30.3 Å². The summed E-state index contributed by atoms with van der Waals surface area (Å²) in [4.78, 5) is 26.9. The molecule has 0 aliphatic carbocycles. The fourth-order valence-corrected chi connectivity index (χ4v) is 3.18. The maximum absolute atomic E-state index is 12.9. The van der Waals surface area contributed by atoms with Gasteiger partial charge in [0.2, 0.25) is 5.91 Å². The maximum atomic E-state index is 12.9. The average Bonchev–Trinajstić information content (AvgIpc) is 3.17. The number of aromatic nitrogens is 2. The number of carbonyl (C=O) groups excluding carboxylic acids is 2. The molecule has 1 heterocycles. The van der Waals surface area contributed by atoms with E-state index in [4.69, 9.17) is 9.84 Å². The lowest BCUT2D eigenvalue weighted by atomic mass is 9.92. The number of urea groups is 1. The van der Waals surface area contributed by atoms with E-state index in [0.717, 1.165) is 36.4 Å². The minimum atomic E-state index is -0.261. The molecule has 3 amide bonds. The molecule has 1 aromatic carbocycles. The first kappa shape index (κ1) is 25.2. The molecule has 1 aromatic heterocycles. The number of hydrogen-bond acceptors (Lipinski definition) is 4. The molecule has 2 N–H and O–H groups in total. The minimum Gasteiger partial charge on any atom is -0.497 e. The molecular weight excluding hydrogens is 406 g/mol. The molecule has 0 radical (unpaired) electrons. The Kier molecular flexibility index (Phi) is 9.11. The molecule has 0 aliphatic heterocycles. The van der Waals surface area contributed by atoms with Gasteiger partial charge in [0.1, 0.15) is 18.1 Å². The summed E-state index contributed by atoms with van der Waals surface area (Å²) in [5.41, 5.74) is 1.47. The Morgan fingerprint density at radius 2 is 1.81 bits per heavy atom. The number of hydrogen-bond donors (Lipinski definition) is 2. The number of anilines is 1. The lowest BCUT2D eigenvalue weighted by Gasteiger charge is -2.22. The number of ether oxygens (including phenoxy) is 1. The Bertz CT molecular complexity index is 884. The first-order valence-electron chi connectivity index (χ1n) is 11.3. The normalized spacial score (nSPS) is 11.2. The highest BCUT2D eigenvalue weighted by Gasteiger charge is 2.23. The summed E-state index contributed by atoms with van der Waals surface area (Å²) >= 11 is 0. The van der Waals surface area contributed by atoms with Gasteiger partial charge in [0, 0.05) is 24.6 Å². The molecule has 0 fully saturated rings. The summed E-state index contributed by atoms with van der Waals surface area (Å²) in [6.07, 6.45) is 2.92. The van der Waals surface area contributed by atoms with Crippen molar-refractivity contribution >= 4 is 17.8 Å². The highest BCUT2D eigenvalue weighted by molar-refractivity contribution is 5.94. The summed E-state index contributed by atoms with van der Waals surface area (Å²) in [7, 11) is 1.62. The van der Waals surface area contributed by atoms with Crippen molar-refractivity contribution in [1.29, 1.82) is 0 Å². The van der Waals surface area contributed by atoms with E-state index in [2.05, 4.69) is 38.3 Å². The van der Waals surface area contributed by atoms with E-state index in [1.54, 1.807) is 16.7 Å². The summed E-state index contributed by atoms with van der Waals surface area (Å²) in [5.74, 6) is 1.05. The van der Waals surface area contributed by atoms with Crippen molar-refractivity contribution < 1.29 is 14.3 Å². The fraction of sp³-hybridized carbons (Fsp3) is 0.542. The van der Waals surface area contributed by atoms with E-state index in [0.29, 0.717) is 18.9 Å². The van der Waals surface area contributed by atoms with Crippen LogP contribution in [-0.2, 0) is 10.2 Å². The number of nitrogens with zero attached hydrogens (tertiary/aromatic N) is 3. The quantitative estimate of drug-likeness (QED) is 0.535. The van der Waals surface area contributed by atoms with Crippen LogP contribution < -0.4 is 15.4 Å². The number of nitrogens with one attached hydrogen (secondary N) is 2. The standard InChI is InChI=1S/C24H37N5O3/c1-7-9-10-15-28(23(31)25-8-2)17-22(30)26-21-16-20(24(3,4)5)27-29(21)18-11-13-19(32-6)14-12-18/h11-14,16H,7-10,15,17H2,1-6H3,(H,25,31)(H,26,30). The van der Waals surface area contributed by atoms with E-state index in [9.17, 15) is 9.59 Å². The molecule has 0 spiro atoms. The van der Waals surface area contributed by atoms with Crippen LogP contribution in [0.3, 0.4) is 0 Å². The molecule has 0 atom stereocenters. The largest absolute Gasteiger partial charge is 0.497 e. The monoisotopic (exact) mass is 443 g/mol. The minimum absolute atomic E-state index is 0.0197. The van der Waals surface area contributed by atoms with Crippen LogP contribution in [0.2, 0.25) is 0 Å². The van der Waals surface area contributed by atoms with Crippen molar-refractivity contribution in [3.05, 3.63) is 36.0 Å². The van der Waals surface area contributed by atoms with Crippen LogP contribution in [0, 0.1) is 0 Å². The third kappa shape index (κ3) is 7.00. The second kappa shape index (κ2) is 11.5. The predicted molar refractivity (Wildman–Crippen MR) is 128 cm³/mol. The highest BCUT2D eigenvalue weighted by atomic mass is 16.5. The Morgan fingerprint density at radius 3 is 2.38 bits per heavy atom. The summed E-state index contributed by atoms with van der Waals surface area (Å²) in [6, 6.07) is 9.14. The van der Waals surface area contributed by atoms with Gasteiger partial charge in [-0.2, -0.15) is 5.10 Å². The zero-order valence-electron chi connectivity index (χ0n) is 20.2. The van der Waals surface area contributed by atoms with E-state index >= 15 is 0 Å². The van der Waals surface area contributed by atoms with Crippen molar-refractivity contribution in [3.8, 4) is 11.4 Å². The van der Waals surface area contributed by atoms with Crippen molar-refractivity contribution in [2.24, 2.45) is 0 Å². The van der Waals surface area contributed by atoms with Gasteiger partial charge in [-0.05, 0) is 37.6 Å². The van der Waals surface area contributed by atoms with Crippen molar-refractivity contribution in [3.63, 3.8) is 0 Å². The van der Waals surface area contributed by atoms with Gasteiger partial charge in [-0.3, -0.25) is 4.79 Å². The van der Waals surface area contributed by atoms with Gasteiger partial charge in [-0.25, -0.2) is 9.48 Å². The van der Waals surface area contributed by atoms with Gasteiger partial charge < -0.3 is 20.3 Å². The molecule has 8 heteroatoms. The Hall–Kier alpha value is -3.03. The van der Waals surface area contributed by atoms with Crippen molar-refractivity contribution in [2.75, 3.05) is 32.1 Å². The fourth-order valence-electron chi connectivity index (χ4n) is 3.18. The van der Waals surface area contributed by atoms with Crippen molar-refractivity contribution in [2.45, 2.75) is 59.3 Å². The zero-order chi connectivity index (χ0) is 23.7. The van der Waals surface area contributed by atoms with Gasteiger partial charge >= 0.3 is 6.03 Å². The van der Waals surface area contributed by atoms with Gasteiger partial charge in [-0.15, -0.1) is 0 Å². The summed E-state index contributed by atoms with van der Waals surface area (Å²) in [5, 5.41) is 10.5. The molecule has 32 heavy (non-hydrogen) atoms. The van der Waals surface area contributed by atoms with Gasteiger partial charge in [0.05, 0.1) is 18.5 Å². The maximum Gasteiger partial charge on any atom is 0.317 e. The number of unbranched alkanes of at least 4 members (excludes halogenated alkanes) is 2. The van der Waals surface area contributed by atoms with Gasteiger partial charge in [-0.1, -0.05) is 40.5 Å². The molecule has 0 saturated carbocycles. The molecule has 8 nitrogen and oxygen atoms in total. The van der Waals surface area contributed by atoms with Gasteiger partial charge in [0.15, 0.2) is 0 Å². The van der Waals surface area contributed by atoms with E-state index in [1.807, 2.05) is 37.3 Å². The number of amides is 3. The second-order valence-electron chi connectivity index (χ2n) is 8.79. The highest BCUT2D eigenvalue weighted by Crippen LogP contribution is 2.27. The average molecular weight is 444 g/mol. The lowest BCUT2D eigenvalue weighted by Crippen LogP contribution is -2.44. The number of methoxy groups -OCH3 is 1. The predicted octanol–water partition coefficient (Wildman–Crippen LogP) is 4.34. The molecule has 0 unspecified atom stereocenters. The molecule has 0 saturated heterocycles. The first-order chi connectivity index (χ1) is 15.2. The molecule has 2 aromatic rings. The second-order valence-corrected chi connectivity index (χ2v) is 8.79. The molecule has 0 bridgehead atoms. The van der Waals surface area contributed by atoms with Crippen LogP contribution >= 0.6 is 0 Å². The molecule has 176 valence electrons. The van der Waals surface area contributed by atoms with Crippen LogP contribution in [0.25, 0.3) is 5.69 Å².